The first-order valence-corrected chi connectivity index (χ1v) is 7.90. The number of ketones is 1. The SMILES string of the molecule is CCOC(=O)/C=C/C(=O)c1c(Cl)nc(Cl)c(F)c1Nc1ccncc1F. The van der Waals surface area contributed by atoms with Crippen LogP contribution >= 0.6 is 23.2 Å². The summed E-state index contributed by atoms with van der Waals surface area (Å²) < 4.78 is 32.9. The van der Waals surface area contributed by atoms with E-state index >= 15 is 0 Å². The number of aromatic nitrogens is 2. The molecule has 0 atom stereocenters. The molecule has 1 N–H and O–H groups in total. The summed E-state index contributed by atoms with van der Waals surface area (Å²) >= 11 is 11.6. The predicted molar refractivity (Wildman–Crippen MR) is 91.8 cm³/mol. The van der Waals surface area contributed by atoms with Gasteiger partial charge in [-0.25, -0.2) is 18.6 Å². The zero-order valence-corrected chi connectivity index (χ0v) is 14.7. The molecular formula is C16H11Cl2F2N3O3. The second kappa shape index (κ2) is 8.68. The Morgan fingerprint density at radius 1 is 1.27 bits per heavy atom. The van der Waals surface area contributed by atoms with Crippen LogP contribution in [0.15, 0.2) is 30.6 Å². The van der Waals surface area contributed by atoms with Gasteiger partial charge in [-0.15, -0.1) is 0 Å². The van der Waals surface area contributed by atoms with Crippen LogP contribution in [0.25, 0.3) is 0 Å². The third-order valence-electron chi connectivity index (χ3n) is 2.99. The number of hydrogen-bond donors (Lipinski definition) is 1. The van der Waals surface area contributed by atoms with Gasteiger partial charge in [0.05, 0.1) is 29.7 Å². The Kier molecular flexibility index (Phi) is 6.59. The normalized spacial score (nSPS) is 10.8. The number of hydrogen-bond acceptors (Lipinski definition) is 6. The number of pyridine rings is 2. The van der Waals surface area contributed by atoms with Gasteiger partial charge in [0.2, 0.25) is 0 Å². The molecule has 2 rings (SSSR count). The van der Waals surface area contributed by atoms with Gasteiger partial charge < -0.3 is 10.1 Å². The summed E-state index contributed by atoms with van der Waals surface area (Å²) in [7, 11) is 0. The van der Waals surface area contributed by atoms with Crippen LogP contribution in [0.1, 0.15) is 17.3 Å². The fourth-order valence-electron chi connectivity index (χ4n) is 1.88. The van der Waals surface area contributed by atoms with Crippen molar-refractivity contribution in [3.63, 3.8) is 0 Å². The van der Waals surface area contributed by atoms with Gasteiger partial charge in [-0.1, -0.05) is 23.2 Å². The predicted octanol–water partition coefficient (Wildman–Crippen LogP) is 4.11. The Morgan fingerprint density at radius 2 is 2.00 bits per heavy atom. The summed E-state index contributed by atoms with van der Waals surface area (Å²) in [6.45, 7) is 1.71. The minimum atomic E-state index is -1.11. The van der Waals surface area contributed by atoms with Gasteiger partial charge in [0.25, 0.3) is 0 Å². The number of carbonyl (C=O) groups is 2. The number of esters is 1. The first-order valence-electron chi connectivity index (χ1n) is 7.15. The van der Waals surface area contributed by atoms with Crippen molar-refractivity contribution in [2.45, 2.75) is 6.92 Å². The van der Waals surface area contributed by atoms with Crippen LogP contribution in [-0.4, -0.2) is 28.3 Å². The minimum Gasteiger partial charge on any atom is -0.463 e. The van der Waals surface area contributed by atoms with Gasteiger partial charge in [-0.2, -0.15) is 0 Å². The maximum absolute atomic E-state index is 14.4. The van der Waals surface area contributed by atoms with Crippen LogP contribution in [0.2, 0.25) is 10.3 Å². The van der Waals surface area contributed by atoms with Gasteiger partial charge in [0.1, 0.15) is 5.15 Å². The Morgan fingerprint density at radius 3 is 2.65 bits per heavy atom. The quantitative estimate of drug-likeness (QED) is 0.339. The highest BCUT2D eigenvalue weighted by Crippen LogP contribution is 2.33. The number of nitrogens with zero attached hydrogens (tertiary/aromatic N) is 2. The van der Waals surface area contributed by atoms with Crippen molar-refractivity contribution in [2.75, 3.05) is 11.9 Å². The number of allylic oxidation sites excluding steroid dienone is 1. The number of nitrogens with one attached hydrogen (secondary N) is 1. The van der Waals surface area contributed by atoms with E-state index in [-0.39, 0.29) is 12.3 Å². The highest BCUT2D eigenvalue weighted by molar-refractivity contribution is 6.36. The van der Waals surface area contributed by atoms with Gasteiger partial charge in [-0.3, -0.25) is 9.78 Å². The molecule has 0 fully saturated rings. The molecule has 0 aliphatic carbocycles. The molecule has 10 heteroatoms. The molecule has 6 nitrogen and oxygen atoms in total. The van der Waals surface area contributed by atoms with Crippen molar-refractivity contribution in [1.82, 2.24) is 9.97 Å². The lowest BCUT2D eigenvalue weighted by Crippen LogP contribution is -2.09. The Hall–Kier alpha value is -2.58. The molecule has 136 valence electrons. The topological polar surface area (TPSA) is 81.2 Å². The summed E-state index contributed by atoms with van der Waals surface area (Å²) in [6, 6.07) is 1.22. The van der Waals surface area contributed by atoms with E-state index in [9.17, 15) is 18.4 Å². The van der Waals surface area contributed by atoms with Crippen molar-refractivity contribution >= 4 is 46.3 Å². The first kappa shape index (κ1) is 19.7. The standard InChI is InChI=1S/C16H11Cl2F2N3O3/c1-2-26-11(25)4-3-10(24)12-14(13(20)16(18)23-15(12)17)22-9-5-6-21-7-8(9)19/h3-7H,2H2,1H3,(H,21,22,23)/b4-3+. The van der Waals surface area contributed by atoms with Crippen molar-refractivity contribution in [3.8, 4) is 0 Å². The molecule has 2 aromatic rings. The second-order valence-electron chi connectivity index (χ2n) is 4.69. The number of halogens is 4. The second-order valence-corrected chi connectivity index (χ2v) is 5.40. The monoisotopic (exact) mass is 401 g/mol. The lowest BCUT2D eigenvalue weighted by atomic mass is 10.1. The summed E-state index contributed by atoms with van der Waals surface area (Å²) in [4.78, 5) is 30.8. The number of rotatable bonds is 6. The van der Waals surface area contributed by atoms with Crippen LogP contribution in [0.5, 0.6) is 0 Å². The summed E-state index contributed by atoms with van der Waals surface area (Å²) in [6.07, 6.45) is 3.84. The Bertz CT molecular complexity index is 891. The zero-order valence-electron chi connectivity index (χ0n) is 13.2. The highest BCUT2D eigenvalue weighted by Gasteiger charge is 2.23. The van der Waals surface area contributed by atoms with Gasteiger partial charge >= 0.3 is 5.97 Å². The highest BCUT2D eigenvalue weighted by atomic mass is 35.5. The molecule has 0 aliphatic rings. The van der Waals surface area contributed by atoms with E-state index < -0.39 is 44.9 Å². The maximum atomic E-state index is 14.4. The molecule has 2 aromatic heterocycles. The molecule has 0 unspecified atom stereocenters. The van der Waals surface area contributed by atoms with Gasteiger partial charge in [0, 0.05) is 12.3 Å². The maximum Gasteiger partial charge on any atom is 0.330 e. The lowest BCUT2D eigenvalue weighted by molar-refractivity contribution is -0.137. The molecule has 26 heavy (non-hydrogen) atoms. The van der Waals surface area contributed by atoms with E-state index in [0.29, 0.717) is 0 Å². The van der Waals surface area contributed by atoms with Crippen molar-refractivity contribution in [3.05, 3.63) is 58.1 Å². The average Bonchev–Trinajstić information content (AvgIpc) is 2.59. The summed E-state index contributed by atoms with van der Waals surface area (Å²) in [5.74, 6) is -3.53. The molecule has 0 aliphatic heterocycles. The number of anilines is 2. The minimum absolute atomic E-state index is 0.114. The lowest BCUT2D eigenvalue weighted by Gasteiger charge is -2.13. The largest absolute Gasteiger partial charge is 0.463 e. The molecular weight excluding hydrogens is 391 g/mol. The van der Waals surface area contributed by atoms with Crippen LogP contribution in [0.4, 0.5) is 20.2 Å². The summed E-state index contributed by atoms with van der Waals surface area (Å²) in [5, 5.41) is 1.38. The third kappa shape index (κ3) is 4.53. The van der Waals surface area contributed by atoms with E-state index in [1.165, 1.54) is 12.3 Å². The van der Waals surface area contributed by atoms with E-state index in [1.54, 1.807) is 6.92 Å². The molecule has 0 amide bonds. The zero-order chi connectivity index (χ0) is 19.3. The fourth-order valence-corrected chi connectivity index (χ4v) is 2.37. The molecule has 0 saturated heterocycles. The van der Waals surface area contributed by atoms with Gasteiger partial charge in [-0.05, 0) is 19.1 Å². The van der Waals surface area contributed by atoms with Gasteiger partial charge in [0.15, 0.2) is 22.6 Å². The Balaban J connectivity index is 2.48. The number of ether oxygens (including phenoxy) is 1. The first-order chi connectivity index (χ1) is 12.3. The van der Waals surface area contributed by atoms with Crippen molar-refractivity contribution < 1.29 is 23.1 Å². The van der Waals surface area contributed by atoms with Crippen LogP contribution in [0, 0.1) is 11.6 Å². The molecule has 0 bridgehead atoms. The Labute approximate surface area is 156 Å². The fraction of sp³-hybridized carbons (Fsp3) is 0.125. The number of carbonyl (C=O) groups excluding carboxylic acids is 2. The molecule has 0 saturated carbocycles. The molecule has 0 aromatic carbocycles. The smallest absolute Gasteiger partial charge is 0.330 e. The van der Waals surface area contributed by atoms with Crippen LogP contribution < -0.4 is 5.32 Å². The molecule has 2 heterocycles. The van der Waals surface area contributed by atoms with Crippen LogP contribution in [-0.2, 0) is 9.53 Å². The van der Waals surface area contributed by atoms with Crippen molar-refractivity contribution in [1.29, 1.82) is 0 Å². The molecule has 0 spiro atoms. The van der Waals surface area contributed by atoms with E-state index in [1.807, 2.05) is 0 Å². The van der Waals surface area contributed by atoms with E-state index in [2.05, 4.69) is 20.0 Å². The molecule has 0 radical (unpaired) electrons. The summed E-state index contributed by atoms with van der Waals surface area (Å²) in [5.41, 5.74) is -1.08. The van der Waals surface area contributed by atoms with E-state index in [4.69, 9.17) is 23.2 Å². The van der Waals surface area contributed by atoms with Crippen molar-refractivity contribution in [2.24, 2.45) is 0 Å². The average molecular weight is 402 g/mol. The third-order valence-corrected chi connectivity index (χ3v) is 3.51. The van der Waals surface area contributed by atoms with E-state index in [0.717, 1.165) is 18.3 Å². The van der Waals surface area contributed by atoms with Crippen LogP contribution in [0.3, 0.4) is 0 Å².